The minimum absolute atomic E-state index is 0.0478. The Morgan fingerprint density at radius 2 is 1.97 bits per heavy atom. The van der Waals surface area contributed by atoms with Crippen LogP contribution < -0.4 is 4.74 Å². The molecule has 6 nitrogen and oxygen atoms in total. The monoisotopic (exact) mass is 460 g/mol. The van der Waals surface area contributed by atoms with Crippen LogP contribution in [0, 0.1) is 12.8 Å². The molecule has 3 atom stereocenters. The standard InChI is InChI=1S/C25H36N2O4S/c1-6-13-26(5)16-24-19(3)15-27(20(4)17-28)32(29,30)25-12-11-21(14-23(25)31-24)22-10-8-7-9-18(22)2/h7-12,14,19-20,24,28H,6,13,15-17H2,1-5H3/t19-,20-,24-/m0/s1. The lowest BCUT2D eigenvalue weighted by Crippen LogP contribution is -2.49. The van der Waals surface area contributed by atoms with Gasteiger partial charge in [-0.3, -0.25) is 0 Å². The normalized spacial score (nSPS) is 22.0. The van der Waals surface area contributed by atoms with Crippen LogP contribution in [0.25, 0.3) is 11.1 Å². The van der Waals surface area contributed by atoms with Crippen LogP contribution in [0.3, 0.4) is 0 Å². The van der Waals surface area contributed by atoms with Crippen molar-refractivity contribution in [2.45, 2.75) is 51.2 Å². The summed E-state index contributed by atoms with van der Waals surface area (Å²) in [6.45, 7) is 9.65. The lowest BCUT2D eigenvalue weighted by atomic mass is 10.00. The molecule has 0 fully saturated rings. The van der Waals surface area contributed by atoms with Crippen LogP contribution in [0.1, 0.15) is 32.8 Å². The Kier molecular flexibility index (Phi) is 7.98. The number of aliphatic hydroxyl groups excluding tert-OH is 1. The highest BCUT2D eigenvalue weighted by Gasteiger charge is 2.38. The molecule has 2 aromatic rings. The molecular weight excluding hydrogens is 424 g/mol. The first-order chi connectivity index (χ1) is 15.2. The second kappa shape index (κ2) is 10.3. The smallest absolute Gasteiger partial charge is 0.247 e. The quantitative estimate of drug-likeness (QED) is 0.681. The van der Waals surface area contributed by atoms with Crippen LogP contribution in [0.5, 0.6) is 5.75 Å². The van der Waals surface area contributed by atoms with Crippen molar-refractivity contribution in [1.82, 2.24) is 9.21 Å². The Bertz CT molecular complexity index is 1020. The number of nitrogens with zero attached hydrogens (tertiary/aromatic N) is 2. The number of aryl methyl sites for hydroxylation is 1. The summed E-state index contributed by atoms with van der Waals surface area (Å²) in [5.41, 5.74) is 3.09. The molecule has 3 rings (SSSR count). The summed E-state index contributed by atoms with van der Waals surface area (Å²) in [5.74, 6) is 0.329. The molecule has 1 heterocycles. The van der Waals surface area contributed by atoms with Gasteiger partial charge in [-0.25, -0.2) is 8.42 Å². The van der Waals surface area contributed by atoms with Crippen molar-refractivity contribution in [3.05, 3.63) is 48.0 Å². The van der Waals surface area contributed by atoms with Gasteiger partial charge in [-0.05, 0) is 62.7 Å². The molecule has 0 spiro atoms. The van der Waals surface area contributed by atoms with Gasteiger partial charge in [-0.15, -0.1) is 0 Å². The number of hydrogen-bond donors (Lipinski definition) is 1. The molecule has 0 saturated carbocycles. The van der Waals surface area contributed by atoms with E-state index in [9.17, 15) is 13.5 Å². The van der Waals surface area contributed by atoms with Crippen LogP contribution in [-0.2, 0) is 10.0 Å². The molecule has 0 bridgehead atoms. The van der Waals surface area contributed by atoms with Crippen LogP contribution in [0.4, 0.5) is 0 Å². The number of aliphatic hydroxyl groups is 1. The molecule has 0 saturated heterocycles. The first-order valence-corrected chi connectivity index (χ1v) is 12.8. The fourth-order valence-electron chi connectivity index (χ4n) is 4.29. The molecule has 0 unspecified atom stereocenters. The van der Waals surface area contributed by atoms with Gasteiger partial charge < -0.3 is 14.7 Å². The minimum Gasteiger partial charge on any atom is -0.487 e. The van der Waals surface area contributed by atoms with E-state index in [1.807, 2.05) is 50.2 Å². The van der Waals surface area contributed by atoms with Gasteiger partial charge in [0, 0.05) is 25.0 Å². The fraction of sp³-hybridized carbons (Fsp3) is 0.520. The highest BCUT2D eigenvalue weighted by molar-refractivity contribution is 7.89. The van der Waals surface area contributed by atoms with Gasteiger partial charge in [-0.1, -0.05) is 44.2 Å². The number of rotatable bonds is 7. The number of fused-ring (bicyclic) bond motifs is 1. The molecule has 0 aromatic heterocycles. The van der Waals surface area contributed by atoms with E-state index < -0.39 is 16.1 Å². The summed E-state index contributed by atoms with van der Waals surface area (Å²) in [4.78, 5) is 2.38. The molecule has 1 aliphatic rings. The number of ether oxygens (including phenoxy) is 1. The van der Waals surface area contributed by atoms with E-state index in [0.29, 0.717) is 18.8 Å². The van der Waals surface area contributed by atoms with Gasteiger partial charge >= 0.3 is 0 Å². The summed E-state index contributed by atoms with van der Waals surface area (Å²) in [6, 6.07) is 12.9. The third-order valence-corrected chi connectivity index (χ3v) is 8.24. The minimum atomic E-state index is -3.82. The molecular formula is C25H36N2O4S. The molecule has 176 valence electrons. The van der Waals surface area contributed by atoms with Crippen LogP contribution >= 0.6 is 0 Å². The van der Waals surface area contributed by atoms with Gasteiger partial charge in [0.05, 0.1) is 6.61 Å². The van der Waals surface area contributed by atoms with E-state index in [0.717, 1.165) is 29.7 Å². The van der Waals surface area contributed by atoms with Crippen molar-refractivity contribution < 1.29 is 18.3 Å². The molecule has 0 aliphatic carbocycles. The first kappa shape index (κ1) is 24.7. The van der Waals surface area contributed by atoms with E-state index in [4.69, 9.17) is 4.74 Å². The SMILES string of the molecule is CCCN(C)C[C@@H]1Oc2cc(-c3ccccc3C)ccc2S(=O)(=O)N([C@@H](C)CO)C[C@@H]1C. The second-order valence-corrected chi connectivity index (χ2v) is 10.8. The maximum atomic E-state index is 13.6. The summed E-state index contributed by atoms with van der Waals surface area (Å²) in [6.07, 6.45) is 0.856. The highest BCUT2D eigenvalue weighted by Crippen LogP contribution is 2.37. The van der Waals surface area contributed by atoms with Gasteiger partial charge in [0.25, 0.3) is 0 Å². The third-order valence-electron chi connectivity index (χ3n) is 6.22. The van der Waals surface area contributed by atoms with Crippen molar-refractivity contribution in [2.24, 2.45) is 5.92 Å². The van der Waals surface area contributed by atoms with Crippen LogP contribution in [0.2, 0.25) is 0 Å². The predicted molar refractivity (Wildman–Crippen MR) is 128 cm³/mol. The average molecular weight is 461 g/mol. The fourth-order valence-corrected chi connectivity index (χ4v) is 6.11. The Hall–Kier alpha value is -1.93. The summed E-state index contributed by atoms with van der Waals surface area (Å²) >= 11 is 0. The van der Waals surface area contributed by atoms with Crippen molar-refractivity contribution in [3.8, 4) is 16.9 Å². The Morgan fingerprint density at radius 1 is 1.25 bits per heavy atom. The number of likely N-dealkylation sites (N-methyl/N-ethyl adjacent to an activating group) is 1. The van der Waals surface area contributed by atoms with E-state index in [1.165, 1.54) is 4.31 Å². The second-order valence-electron chi connectivity index (χ2n) is 8.98. The summed E-state index contributed by atoms with van der Waals surface area (Å²) in [7, 11) is -1.76. The lowest BCUT2D eigenvalue weighted by molar-refractivity contribution is 0.0753. The van der Waals surface area contributed by atoms with Crippen LogP contribution in [-0.4, -0.2) is 68.2 Å². The summed E-state index contributed by atoms with van der Waals surface area (Å²) in [5, 5.41) is 9.77. The van der Waals surface area contributed by atoms with E-state index in [-0.39, 0.29) is 23.5 Å². The number of hydrogen-bond acceptors (Lipinski definition) is 5. The van der Waals surface area contributed by atoms with E-state index >= 15 is 0 Å². The molecule has 0 amide bonds. The van der Waals surface area contributed by atoms with Crippen molar-refractivity contribution >= 4 is 10.0 Å². The topological polar surface area (TPSA) is 70.1 Å². The molecule has 2 aromatic carbocycles. The largest absolute Gasteiger partial charge is 0.487 e. The number of sulfonamides is 1. The van der Waals surface area contributed by atoms with Gasteiger partial charge in [0.15, 0.2) is 0 Å². The first-order valence-electron chi connectivity index (χ1n) is 11.4. The maximum Gasteiger partial charge on any atom is 0.247 e. The maximum absolute atomic E-state index is 13.6. The van der Waals surface area contributed by atoms with Gasteiger partial charge in [0.1, 0.15) is 16.7 Å². The van der Waals surface area contributed by atoms with E-state index in [1.54, 1.807) is 13.0 Å². The lowest BCUT2D eigenvalue weighted by Gasteiger charge is -2.37. The van der Waals surface area contributed by atoms with Crippen molar-refractivity contribution in [2.75, 3.05) is 33.3 Å². The molecule has 32 heavy (non-hydrogen) atoms. The average Bonchev–Trinajstić information content (AvgIpc) is 2.76. The molecule has 1 aliphatic heterocycles. The Balaban J connectivity index is 2.13. The molecule has 1 N–H and O–H groups in total. The molecule has 0 radical (unpaired) electrons. The molecule has 7 heteroatoms. The highest BCUT2D eigenvalue weighted by atomic mass is 32.2. The van der Waals surface area contributed by atoms with Crippen LogP contribution in [0.15, 0.2) is 47.4 Å². The Labute approximate surface area is 192 Å². The van der Waals surface area contributed by atoms with Gasteiger partial charge in [0.2, 0.25) is 10.0 Å². The Morgan fingerprint density at radius 3 is 2.62 bits per heavy atom. The van der Waals surface area contributed by atoms with Crippen molar-refractivity contribution in [3.63, 3.8) is 0 Å². The third kappa shape index (κ3) is 5.17. The van der Waals surface area contributed by atoms with Gasteiger partial charge in [-0.2, -0.15) is 4.31 Å². The predicted octanol–water partition coefficient (Wildman–Crippen LogP) is 3.77. The zero-order chi connectivity index (χ0) is 23.5. The zero-order valence-electron chi connectivity index (χ0n) is 19.8. The van der Waals surface area contributed by atoms with Crippen molar-refractivity contribution in [1.29, 1.82) is 0 Å². The summed E-state index contributed by atoms with van der Waals surface area (Å²) < 4.78 is 35.1. The zero-order valence-corrected chi connectivity index (χ0v) is 20.6. The number of benzene rings is 2. The van der Waals surface area contributed by atoms with E-state index in [2.05, 4.69) is 18.9 Å².